The molecule has 1 aliphatic heterocycles. The monoisotopic (exact) mass is 323 g/mol. The number of aryl methyl sites for hydroxylation is 1. The van der Waals surface area contributed by atoms with Crippen molar-refractivity contribution >= 4 is 11.3 Å². The molecule has 6 heteroatoms. The van der Waals surface area contributed by atoms with Crippen molar-refractivity contribution in [3.63, 3.8) is 0 Å². The molecular weight excluding hydrogens is 302 g/mol. The van der Waals surface area contributed by atoms with Crippen LogP contribution in [0, 0.1) is 6.92 Å². The predicted molar refractivity (Wildman–Crippen MR) is 94.1 cm³/mol. The van der Waals surface area contributed by atoms with E-state index in [4.69, 9.17) is 15.5 Å². The standard InChI is InChI=1S/C18H21N5O/c1-13-10-14(2-3-15(13)11-19)18-16-4-5-20-23(16)12-17(21-18)22-6-8-24-9-7-22/h2-5,10,12H,6-9,11,19H2,1H3. The van der Waals surface area contributed by atoms with Gasteiger partial charge in [-0.25, -0.2) is 9.50 Å². The van der Waals surface area contributed by atoms with E-state index in [1.165, 1.54) is 5.56 Å². The summed E-state index contributed by atoms with van der Waals surface area (Å²) in [7, 11) is 0. The summed E-state index contributed by atoms with van der Waals surface area (Å²) < 4.78 is 7.35. The number of aromatic nitrogens is 3. The van der Waals surface area contributed by atoms with Crippen molar-refractivity contribution in [2.45, 2.75) is 13.5 Å². The van der Waals surface area contributed by atoms with Gasteiger partial charge in [0.15, 0.2) is 0 Å². The number of fused-ring (bicyclic) bond motifs is 1. The van der Waals surface area contributed by atoms with E-state index in [0.29, 0.717) is 6.54 Å². The minimum absolute atomic E-state index is 0.551. The number of benzene rings is 1. The minimum Gasteiger partial charge on any atom is -0.378 e. The van der Waals surface area contributed by atoms with Crippen LogP contribution in [0.2, 0.25) is 0 Å². The average molecular weight is 323 g/mol. The second-order valence-corrected chi connectivity index (χ2v) is 6.05. The van der Waals surface area contributed by atoms with Gasteiger partial charge in [-0.05, 0) is 30.2 Å². The summed E-state index contributed by atoms with van der Waals surface area (Å²) in [6, 6.07) is 8.33. The molecule has 1 saturated heterocycles. The van der Waals surface area contributed by atoms with Gasteiger partial charge in [-0.2, -0.15) is 5.10 Å². The molecule has 0 aliphatic carbocycles. The first-order chi connectivity index (χ1) is 11.8. The Labute approximate surface area is 140 Å². The van der Waals surface area contributed by atoms with Crippen LogP contribution in [0.1, 0.15) is 11.1 Å². The number of morpholine rings is 1. The number of rotatable bonds is 3. The molecule has 3 heterocycles. The van der Waals surface area contributed by atoms with Crippen molar-refractivity contribution in [3.8, 4) is 11.3 Å². The van der Waals surface area contributed by atoms with Crippen LogP contribution in [0.3, 0.4) is 0 Å². The van der Waals surface area contributed by atoms with Crippen LogP contribution in [0.5, 0.6) is 0 Å². The molecule has 1 aliphatic rings. The zero-order valence-electron chi connectivity index (χ0n) is 13.8. The van der Waals surface area contributed by atoms with Crippen LogP contribution in [0.15, 0.2) is 36.7 Å². The van der Waals surface area contributed by atoms with Gasteiger partial charge in [0.25, 0.3) is 0 Å². The summed E-state index contributed by atoms with van der Waals surface area (Å²) in [6.07, 6.45) is 3.80. The number of ether oxygens (including phenoxy) is 1. The summed E-state index contributed by atoms with van der Waals surface area (Å²) >= 11 is 0. The summed E-state index contributed by atoms with van der Waals surface area (Å²) in [6.45, 7) is 5.81. The van der Waals surface area contributed by atoms with E-state index in [2.05, 4.69) is 35.1 Å². The molecule has 3 aromatic rings. The largest absolute Gasteiger partial charge is 0.378 e. The lowest BCUT2D eigenvalue weighted by Crippen LogP contribution is -2.37. The molecule has 0 amide bonds. The van der Waals surface area contributed by atoms with Crippen LogP contribution < -0.4 is 10.6 Å². The zero-order chi connectivity index (χ0) is 16.5. The molecule has 2 N–H and O–H groups in total. The molecular formula is C18H21N5O. The van der Waals surface area contributed by atoms with Gasteiger partial charge in [-0.3, -0.25) is 0 Å². The van der Waals surface area contributed by atoms with Gasteiger partial charge in [-0.15, -0.1) is 0 Å². The molecule has 0 bridgehead atoms. The molecule has 0 saturated carbocycles. The summed E-state index contributed by atoms with van der Waals surface area (Å²) in [5.41, 5.74) is 11.2. The van der Waals surface area contributed by atoms with Crippen molar-refractivity contribution in [1.82, 2.24) is 14.6 Å². The Morgan fingerprint density at radius 2 is 2.04 bits per heavy atom. The Hall–Kier alpha value is -2.44. The fourth-order valence-electron chi connectivity index (χ4n) is 3.14. The molecule has 2 aromatic heterocycles. The third-order valence-corrected chi connectivity index (χ3v) is 4.55. The van der Waals surface area contributed by atoms with Crippen molar-refractivity contribution in [2.75, 3.05) is 31.2 Å². The smallest absolute Gasteiger partial charge is 0.148 e. The molecule has 0 unspecified atom stereocenters. The van der Waals surface area contributed by atoms with Gasteiger partial charge in [0.1, 0.15) is 5.82 Å². The Bertz CT molecular complexity index is 867. The molecule has 4 rings (SSSR count). The zero-order valence-corrected chi connectivity index (χ0v) is 13.8. The fourth-order valence-corrected chi connectivity index (χ4v) is 3.14. The van der Waals surface area contributed by atoms with Crippen LogP contribution in [-0.2, 0) is 11.3 Å². The van der Waals surface area contributed by atoms with E-state index in [1.54, 1.807) is 0 Å². The summed E-state index contributed by atoms with van der Waals surface area (Å²) in [4.78, 5) is 7.19. The Morgan fingerprint density at radius 3 is 2.79 bits per heavy atom. The number of anilines is 1. The van der Waals surface area contributed by atoms with Gasteiger partial charge in [0.05, 0.1) is 36.8 Å². The number of hydrogen-bond acceptors (Lipinski definition) is 5. The van der Waals surface area contributed by atoms with E-state index in [-0.39, 0.29) is 0 Å². The van der Waals surface area contributed by atoms with Gasteiger partial charge in [0.2, 0.25) is 0 Å². The lowest BCUT2D eigenvalue weighted by molar-refractivity contribution is 0.122. The van der Waals surface area contributed by atoms with Gasteiger partial charge >= 0.3 is 0 Å². The molecule has 1 fully saturated rings. The van der Waals surface area contributed by atoms with E-state index in [9.17, 15) is 0 Å². The van der Waals surface area contributed by atoms with E-state index >= 15 is 0 Å². The molecule has 6 nitrogen and oxygen atoms in total. The third-order valence-electron chi connectivity index (χ3n) is 4.55. The maximum Gasteiger partial charge on any atom is 0.148 e. The number of nitrogens with two attached hydrogens (primary N) is 1. The average Bonchev–Trinajstić information content (AvgIpc) is 3.10. The van der Waals surface area contributed by atoms with E-state index in [1.807, 2.05) is 23.0 Å². The van der Waals surface area contributed by atoms with Crippen LogP contribution >= 0.6 is 0 Å². The van der Waals surface area contributed by atoms with Crippen LogP contribution in [0.25, 0.3) is 16.8 Å². The van der Waals surface area contributed by atoms with E-state index < -0.39 is 0 Å². The van der Waals surface area contributed by atoms with E-state index in [0.717, 1.165) is 54.5 Å². The highest BCUT2D eigenvalue weighted by Gasteiger charge is 2.16. The maximum atomic E-state index is 5.79. The summed E-state index contributed by atoms with van der Waals surface area (Å²) in [5, 5.41) is 4.42. The predicted octanol–water partition coefficient (Wildman–Crippen LogP) is 2.00. The lowest BCUT2D eigenvalue weighted by Gasteiger charge is -2.28. The SMILES string of the molecule is Cc1cc(-c2nc(N3CCOCC3)cn3nccc23)ccc1CN. The quantitative estimate of drug-likeness (QED) is 0.798. The van der Waals surface area contributed by atoms with Crippen molar-refractivity contribution < 1.29 is 4.74 Å². The molecule has 1 aromatic carbocycles. The highest BCUT2D eigenvalue weighted by atomic mass is 16.5. The maximum absolute atomic E-state index is 5.79. The number of hydrogen-bond donors (Lipinski definition) is 1. The van der Waals surface area contributed by atoms with Gasteiger partial charge < -0.3 is 15.4 Å². The molecule has 124 valence electrons. The lowest BCUT2D eigenvalue weighted by atomic mass is 10.0. The molecule has 0 spiro atoms. The topological polar surface area (TPSA) is 68.7 Å². The Balaban J connectivity index is 1.84. The molecule has 0 radical (unpaired) electrons. The van der Waals surface area contributed by atoms with Gasteiger partial charge in [0, 0.05) is 25.2 Å². The highest BCUT2D eigenvalue weighted by Crippen LogP contribution is 2.27. The van der Waals surface area contributed by atoms with Crippen molar-refractivity contribution in [3.05, 3.63) is 47.8 Å². The van der Waals surface area contributed by atoms with Crippen molar-refractivity contribution in [1.29, 1.82) is 0 Å². The minimum atomic E-state index is 0.551. The van der Waals surface area contributed by atoms with Crippen LogP contribution in [0.4, 0.5) is 5.82 Å². The summed E-state index contributed by atoms with van der Waals surface area (Å²) in [5.74, 6) is 0.935. The first kappa shape index (κ1) is 15.1. The Kier molecular flexibility index (Phi) is 3.92. The second kappa shape index (κ2) is 6.22. The number of nitrogens with zero attached hydrogens (tertiary/aromatic N) is 4. The van der Waals surface area contributed by atoms with Crippen LogP contribution in [-0.4, -0.2) is 40.9 Å². The Morgan fingerprint density at radius 1 is 1.21 bits per heavy atom. The molecule has 24 heavy (non-hydrogen) atoms. The van der Waals surface area contributed by atoms with Crippen molar-refractivity contribution in [2.24, 2.45) is 5.73 Å². The van der Waals surface area contributed by atoms with Gasteiger partial charge in [-0.1, -0.05) is 12.1 Å². The first-order valence-electron chi connectivity index (χ1n) is 8.23. The normalized spacial score (nSPS) is 15.2. The third kappa shape index (κ3) is 2.64. The molecule has 0 atom stereocenters. The first-order valence-corrected chi connectivity index (χ1v) is 8.23. The second-order valence-electron chi connectivity index (χ2n) is 6.05. The fraction of sp³-hybridized carbons (Fsp3) is 0.333. The highest BCUT2D eigenvalue weighted by molar-refractivity contribution is 5.78.